The number of nitrogens with zero attached hydrogens (tertiary/aromatic N) is 3. The first-order chi connectivity index (χ1) is 16.2. The predicted molar refractivity (Wildman–Crippen MR) is 130 cm³/mol. The van der Waals surface area contributed by atoms with E-state index in [0.717, 1.165) is 16.7 Å². The number of aliphatic hydroxyl groups is 1. The first kappa shape index (κ1) is 21.9. The Balaban J connectivity index is 1.68. The van der Waals surface area contributed by atoms with Gasteiger partial charge in [-0.1, -0.05) is 23.8 Å². The average molecular weight is 471 g/mol. The van der Waals surface area contributed by atoms with Crippen molar-refractivity contribution in [3.63, 3.8) is 0 Å². The van der Waals surface area contributed by atoms with Gasteiger partial charge < -0.3 is 10.1 Å². The lowest BCUT2D eigenvalue weighted by Crippen LogP contribution is -2.13. The maximum Gasteiger partial charge on any atom is 0.268 e. The molecule has 7 nitrogen and oxygen atoms in total. The van der Waals surface area contributed by atoms with E-state index >= 15 is 0 Å². The molecule has 1 atom stereocenters. The lowest BCUT2D eigenvalue weighted by molar-refractivity contribution is 0.212. The minimum absolute atomic E-state index is 0.197. The zero-order chi connectivity index (χ0) is 24.2. The highest BCUT2D eigenvalue weighted by Gasteiger charge is 2.26. The molecule has 2 aromatic heterocycles. The highest BCUT2D eigenvalue weighted by Crippen LogP contribution is 2.35. The highest BCUT2D eigenvalue weighted by atomic mass is 32.2. The molecule has 0 aliphatic heterocycles. The molecule has 0 saturated heterocycles. The Morgan fingerprint density at radius 3 is 2.47 bits per heavy atom. The monoisotopic (exact) mass is 470 g/mol. The molecule has 2 heterocycles. The number of aromatic amines is 1. The molecule has 0 radical (unpaired) electrons. The molecule has 0 saturated carbocycles. The van der Waals surface area contributed by atoms with Gasteiger partial charge >= 0.3 is 0 Å². The summed E-state index contributed by atoms with van der Waals surface area (Å²) in [5.41, 5.74) is 5.45. The molecule has 34 heavy (non-hydrogen) atoms. The van der Waals surface area contributed by atoms with Crippen LogP contribution < -0.4 is 0 Å². The Bertz CT molecular complexity index is 1720. The standard InChI is InChI=1S/C26H22N4O3S/c1-15-4-7-19(8-5-15)34(32,33)30-11-10-20-23(16(2)12-17(3)24(20)30)25(31)26-28-21-9-6-18(14-27)13-22(21)29-26/h4-13,25,31H,1-3H3,(H,28,29). The third kappa shape index (κ3) is 3.37. The second-order valence-corrected chi connectivity index (χ2v) is 10.3. The zero-order valence-corrected chi connectivity index (χ0v) is 19.7. The van der Waals surface area contributed by atoms with Crippen molar-refractivity contribution in [1.82, 2.24) is 13.9 Å². The largest absolute Gasteiger partial charge is 0.380 e. The van der Waals surface area contributed by atoms with Crippen molar-refractivity contribution < 1.29 is 13.5 Å². The van der Waals surface area contributed by atoms with E-state index in [1.807, 2.05) is 26.8 Å². The fraction of sp³-hybridized carbons (Fsp3) is 0.154. The average Bonchev–Trinajstić information content (AvgIpc) is 3.44. The van der Waals surface area contributed by atoms with Crippen LogP contribution in [0.2, 0.25) is 0 Å². The number of benzene rings is 3. The molecule has 5 aromatic rings. The molecule has 0 spiro atoms. The quantitative estimate of drug-likeness (QED) is 0.398. The van der Waals surface area contributed by atoms with Crippen LogP contribution in [0.15, 0.2) is 65.7 Å². The van der Waals surface area contributed by atoms with Crippen LogP contribution >= 0.6 is 0 Å². The summed E-state index contributed by atoms with van der Waals surface area (Å²) >= 11 is 0. The lowest BCUT2D eigenvalue weighted by atomic mass is 9.96. The van der Waals surface area contributed by atoms with Gasteiger partial charge in [0.05, 0.1) is 33.1 Å². The summed E-state index contributed by atoms with van der Waals surface area (Å²) in [5, 5.41) is 21.1. The molecule has 2 N–H and O–H groups in total. The number of imidazole rings is 1. The summed E-state index contributed by atoms with van der Waals surface area (Å²) in [7, 11) is -3.83. The second kappa shape index (κ2) is 7.83. The number of rotatable bonds is 4. The Morgan fingerprint density at radius 2 is 1.76 bits per heavy atom. The lowest BCUT2D eigenvalue weighted by Gasteiger charge is -2.16. The molecule has 0 amide bonds. The van der Waals surface area contributed by atoms with Crippen LogP contribution in [0, 0.1) is 32.1 Å². The molecule has 0 bridgehead atoms. The van der Waals surface area contributed by atoms with Gasteiger partial charge in [0.15, 0.2) is 0 Å². The Labute approximate surface area is 197 Å². The maximum absolute atomic E-state index is 13.4. The first-order valence-corrected chi connectivity index (χ1v) is 12.2. The molecular weight excluding hydrogens is 448 g/mol. The Kier molecular flexibility index (Phi) is 5.04. The number of aryl methyl sites for hydroxylation is 3. The summed E-state index contributed by atoms with van der Waals surface area (Å²) in [5.74, 6) is 0.326. The van der Waals surface area contributed by atoms with Crippen LogP contribution in [0.5, 0.6) is 0 Å². The van der Waals surface area contributed by atoms with Crippen molar-refractivity contribution >= 4 is 32.0 Å². The minimum Gasteiger partial charge on any atom is -0.380 e. The molecule has 170 valence electrons. The molecule has 0 fully saturated rings. The number of nitrogens with one attached hydrogen (secondary N) is 1. The van der Waals surface area contributed by atoms with E-state index in [-0.39, 0.29) is 4.90 Å². The summed E-state index contributed by atoms with van der Waals surface area (Å²) in [4.78, 5) is 7.81. The van der Waals surface area contributed by atoms with Crippen molar-refractivity contribution in [2.24, 2.45) is 0 Å². The summed E-state index contributed by atoms with van der Waals surface area (Å²) in [6.07, 6.45) is 0.416. The van der Waals surface area contributed by atoms with Crippen LogP contribution in [-0.4, -0.2) is 27.5 Å². The topological polar surface area (TPSA) is 112 Å². The number of hydrogen-bond donors (Lipinski definition) is 2. The number of nitriles is 1. The summed E-state index contributed by atoms with van der Waals surface area (Å²) < 4.78 is 28.2. The third-order valence-corrected chi connectivity index (χ3v) is 7.80. The summed E-state index contributed by atoms with van der Waals surface area (Å²) in [6, 6.07) is 17.5. The molecular formula is C26H22N4O3S. The zero-order valence-electron chi connectivity index (χ0n) is 18.9. The van der Waals surface area contributed by atoms with E-state index in [4.69, 9.17) is 5.26 Å². The van der Waals surface area contributed by atoms with E-state index in [2.05, 4.69) is 16.0 Å². The molecule has 0 aliphatic rings. The number of aliphatic hydroxyl groups excluding tert-OH is 1. The minimum atomic E-state index is -3.83. The number of aromatic nitrogens is 3. The van der Waals surface area contributed by atoms with Crippen LogP contribution in [0.1, 0.15) is 39.7 Å². The van der Waals surface area contributed by atoms with Crippen molar-refractivity contribution in [1.29, 1.82) is 5.26 Å². The summed E-state index contributed by atoms with van der Waals surface area (Å²) in [6.45, 7) is 5.64. The van der Waals surface area contributed by atoms with Gasteiger partial charge in [0, 0.05) is 17.1 Å². The second-order valence-electron chi connectivity index (χ2n) is 8.48. The van der Waals surface area contributed by atoms with Crippen LogP contribution in [0.25, 0.3) is 21.9 Å². The maximum atomic E-state index is 13.4. The van der Waals surface area contributed by atoms with Crippen molar-refractivity contribution in [2.75, 3.05) is 0 Å². The van der Waals surface area contributed by atoms with E-state index in [1.54, 1.807) is 48.5 Å². The van der Waals surface area contributed by atoms with Gasteiger partial charge in [0.25, 0.3) is 10.0 Å². The van der Waals surface area contributed by atoms with E-state index < -0.39 is 16.1 Å². The number of hydrogen-bond acceptors (Lipinski definition) is 5. The first-order valence-electron chi connectivity index (χ1n) is 10.7. The van der Waals surface area contributed by atoms with Crippen LogP contribution in [-0.2, 0) is 10.0 Å². The van der Waals surface area contributed by atoms with E-state index in [9.17, 15) is 13.5 Å². The fourth-order valence-corrected chi connectivity index (χ4v) is 5.86. The van der Waals surface area contributed by atoms with Crippen LogP contribution in [0.3, 0.4) is 0 Å². The Morgan fingerprint density at radius 1 is 1.03 bits per heavy atom. The van der Waals surface area contributed by atoms with E-state index in [0.29, 0.717) is 38.9 Å². The normalized spacial score (nSPS) is 12.8. The van der Waals surface area contributed by atoms with Gasteiger partial charge in [-0.2, -0.15) is 5.26 Å². The van der Waals surface area contributed by atoms with Gasteiger partial charge in [-0.15, -0.1) is 0 Å². The van der Waals surface area contributed by atoms with E-state index in [1.165, 1.54) is 10.2 Å². The molecule has 3 aromatic carbocycles. The Hall–Kier alpha value is -3.93. The molecule has 5 rings (SSSR count). The number of fused-ring (bicyclic) bond motifs is 2. The molecule has 0 aliphatic carbocycles. The predicted octanol–water partition coefficient (Wildman–Crippen LogP) is 4.63. The van der Waals surface area contributed by atoms with Crippen LogP contribution in [0.4, 0.5) is 0 Å². The van der Waals surface area contributed by atoms with Crippen molar-refractivity contribution in [2.45, 2.75) is 31.8 Å². The number of H-pyrrole nitrogens is 1. The molecule has 1 unspecified atom stereocenters. The van der Waals surface area contributed by atoms with Crippen molar-refractivity contribution in [3.05, 3.63) is 94.4 Å². The van der Waals surface area contributed by atoms with Crippen molar-refractivity contribution in [3.8, 4) is 6.07 Å². The van der Waals surface area contributed by atoms with Gasteiger partial charge in [-0.05, 0) is 68.3 Å². The fourth-order valence-electron chi connectivity index (χ4n) is 4.45. The van der Waals surface area contributed by atoms with Gasteiger partial charge in [-0.25, -0.2) is 17.4 Å². The van der Waals surface area contributed by atoms with Gasteiger partial charge in [0.1, 0.15) is 11.9 Å². The smallest absolute Gasteiger partial charge is 0.268 e. The highest BCUT2D eigenvalue weighted by molar-refractivity contribution is 7.90. The third-order valence-electron chi connectivity index (χ3n) is 6.11. The SMILES string of the molecule is Cc1ccc(S(=O)(=O)n2ccc3c(C(O)c4nc5ccc(C#N)cc5[nH]4)c(C)cc(C)c32)cc1. The van der Waals surface area contributed by atoms with Gasteiger partial charge in [0.2, 0.25) is 0 Å². The van der Waals surface area contributed by atoms with Gasteiger partial charge in [-0.3, -0.25) is 0 Å². The molecule has 8 heteroatoms.